The number of aromatic nitrogens is 3. The molecule has 3 rings (SSSR count). The number of fused-ring (bicyclic) bond motifs is 1. The zero-order chi connectivity index (χ0) is 13.9. The lowest BCUT2D eigenvalue weighted by molar-refractivity contribution is 0.518. The van der Waals surface area contributed by atoms with Gasteiger partial charge in [0, 0.05) is 24.4 Å². The molecule has 0 radical (unpaired) electrons. The molecule has 4 heteroatoms. The molecule has 20 heavy (non-hydrogen) atoms. The Bertz CT molecular complexity index is 780. The highest BCUT2D eigenvalue weighted by Gasteiger charge is 2.10. The summed E-state index contributed by atoms with van der Waals surface area (Å²) in [7, 11) is 0. The minimum absolute atomic E-state index is 0.000897. The van der Waals surface area contributed by atoms with Crippen LogP contribution in [0.25, 0.3) is 10.9 Å². The maximum atomic E-state index is 12.5. The zero-order valence-corrected chi connectivity index (χ0v) is 11.2. The summed E-state index contributed by atoms with van der Waals surface area (Å²) in [5, 5.41) is 0.655. The summed E-state index contributed by atoms with van der Waals surface area (Å²) in [4.78, 5) is 21.1. The Morgan fingerprint density at radius 1 is 1.10 bits per heavy atom. The number of benzene rings is 1. The fourth-order valence-electron chi connectivity index (χ4n) is 2.32. The van der Waals surface area contributed by atoms with Gasteiger partial charge in [-0.05, 0) is 31.2 Å². The summed E-state index contributed by atoms with van der Waals surface area (Å²) in [5.41, 5.74) is 1.71. The van der Waals surface area contributed by atoms with E-state index < -0.39 is 0 Å². The van der Waals surface area contributed by atoms with E-state index in [1.165, 1.54) is 0 Å². The second kappa shape index (κ2) is 5.25. The van der Waals surface area contributed by atoms with Crippen molar-refractivity contribution < 1.29 is 0 Å². The van der Waals surface area contributed by atoms with Crippen LogP contribution in [0.1, 0.15) is 18.7 Å². The second-order valence-corrected chi connectivity index (χ2v) is 4.85. The third kappa shape index (κ3) is 2.32. The van der Waals surface area contributed by atoms with E-state index in [0.29, 0.717) is 11.8 Å². The Morgan fingerprint density at radius 2 is 1.90 bits per heavy atom. The Labute approximate surface area is 116 Å². The molecule has 0 saturated carbocycles. The molecular weight excluding hydrogens is 250 g/mol. The van der Waals surface area contributed by atoms with Gasteiger partial charge in [-0.3, -0.25) is 14.3 Å². The SMILES string of the molecule is CC(Cc1ccccn1)n1cnc2ccccc2c1=O. The fraction of sp³-hybridized carbons (Fsp3) is 0.188. The van der Waals surface area contributed by atoms with Gasteiger partial charge >= 0.3 is 0 Å². The average molecular weight is 265 g/mol. The van der Waals surface area contributed by atoms with Gasteiger partial charge in [-0.2, -0.15) is 0 Å². The van der Waals surface area contributed by atoms with Crippen molar-refractivity contribution in [1.29, 1.82) is 0 Å². The normalized spacial score (nSPS) is 12.4. The van der Waals surface area contributed by atoms with Crippen LogP contribution in [0.5, 0.6) is 0 Å². The van der Waals surface area contributed by atoms with Crippen molar-refractivity contribution in [3.05, 3.63) is 71.0 Å². The molecule has 0 N–H and O–H groups in total. The molecule has 1 atom stereocenters. The summed E-state index contributed by atoms with van der Waals surface area (Å²) < 4.78 is 1.68. The first-order valence-corrected chi connectivity index (χ1v) is 6.61. The van der Waals surface area contributed by atoms with Crippen LogP contribution >= 0.6 is 0 Å². The van der Waals surface area contributed by atoms with Crippen molar-refractivity contribution in [2.75, 3.05) is 0 Å². The average Bonchev–Trinajstić information content (AvgIpc) is 2.49. The topological polar surface area (TPSA) is 47.8 Å². The summed E-state index contributed by atoms with van der Waals surface area (Å²) in [6.07, 6.45) is 4.10. The first kappa shape index (κ1) is 12.5. The van der Waals surface area contributed by atoms with Crippen LogP contribution in [-0.2, 0) is 6.42 Å². The van der Waals surface area contributed by atoms with E-state index >= 15 is 0 Å². The molecule has 1 aromatic carbocycles. The molecule has 0 saturated heterocycles. The van der Waals surface area contributed by atoms with Crippen LogP contribution < -0.4 is 5.56 Å². The number of nitrogens with zero attached hydrogens (tertiary/aromatic N) is 3. The minimum Gasteiger partial charge on any atom is -0.295 e. The van der Waals surface area contributed by atoms with Gasteiger partial charge in [-0.15, -0.1) is 0 Å². The van der Waals surface area contributed by atoms with Gasteiger partial charge < -0.3 is 0 Å². The summed E-state index contributed by atoms with van der Waals surface area (Å²) >= 11 is 0. The molecule has 0 aliphatic rings. The van der Waals surface area contributed by atoms with E-state index in [1.54, 1.807) is 17.1 Å². The van der Waals surface area contributed by atoms with Crippen LogP contribution in [-0.4, -0.2) is 14.5 Å². The number of hydrogen-bond donors (Lipinski definition) is 0. The van der Waals surface area contributed by atoms with E-state index in [4.69, 9.17) is 0 Å². The smallest absolute Gasteiger partial charge is 0.261 e. The number of hydrogen-bond acceptors (Lipinski definition) is 3. The van der Waals surface area contributed by atoms with E-state index in [1.807, 2.05) is 49.4 Å². The molecule has 1 unspecified atom stereocenters. The molecule has 4 nitrogen and oxygen atoms in total. The van der Waals surface area contributed by atoms with E-state index in [-0.39, 0.29) is 11.6 Å². The Balaban J connectivity index is 1.98. The molecule has 2 aromatic heterocycles. The summed E-state index contributed by atoms with van der Waals surface area (Å²) in [6, 6.07) is 13.2. The molecule has 0 aliphatic carbocycles. The monoisotopic (exact) mass is 265 g/mol. The van der Waals surface area contributed by atoms with Gasteiger partial charge in [0.25, 0.3) is 5.56 Å². The second-order valence-electron chi connectivity index (χ2n) is 4.85. The highest BCUT2D eigenvalue weighted by Crippen LogP contribution is 2.12. The van der Waals surface area contributed by atoms with Crippen molar-refractivity contribution in [2.24, 2.45) is 0 Å². The van der Waals surface area contributed by atoms with E-state index in [9.17, 15) is 4.79 Å². The number of pyridine rings is 1. The largest absolute Gasteiger partial charge is 0.295 e. The molecule has 100 valence electrons. The number of para-hydroxylation sites is 1. The third-order valence-corrected chi connectivity index (χ3v) is 3.40. The third-order valence-electron chi connectivity index (χ3n) is 3.40. The molecule has 0 aliphatic heterocycles. The Kier molecular flexibility index (Phi) is 3.29. The minimum atomic E-state index is -0.000897. The highest BCUT2D eigenvalue weighted by molar-refractivity contribution is 5.76. The molecular formula is C16H15N3O. The van der Waals surface area contributed by atoms with Crippen LogP contribution in [0.2, 0.25) is 0 Å². The summed E-state index contributed by atoms with van der Waals surface area (Å²) in [6.45, 7) is 2.01. The van der Waals surface area contributed by atoms with Gasteiger partial charge in [0.15, 0.2) is 0 Å². The lowest BCUT2D eigenvalue weighted by atomic mass is 10.1. The first-order chi connectivity index (χ1) is 9.75. The predicted octanol–water partition coefficient (Wildman–Crippen LogP) is 2.60. The molecule has 2 heterocycles. The first-order valence-electron chi connectivity index (χ1n) is 6.61. The molecule has 0 spiro atoms. The predicted molar refractivity (Wildman–Crippen MR) is 78.7 cm³/mol. The van der Waals surface area contributed by atoms with E-state index in [0.717, 1.165) is 11.2 Å². The van der Waals surface area contributed by atoms with Crippen LogP contribution in [0.4, 0.5) is 0 Å². The van der Waals surface area contributed by atoms with Gasteiger partial charge in [0.05, 0.1) is 17.2 Å². The zero-order valence-electron chi connectivity index (χ0n) is 11.2. The molecule has 0 amide bonds. The van der Waals surface area contributed by atoms with Crippen molar-refractivity contribution in [3.63, 3.8) is 0 Å². The Hall–Kier alpha value is -2.49. The summed E-state index contributed by atoms with van der Waals surface area (Å²) in [5.74, 6) is 0. The Morgan fingerprint density at radius 3 is 2.70 bits per heavy atom. The van der Waals surface area contributed by atoms with Crippen molar-refractivity contribution >= 4 is 10.9 Å². The van der Waals surface area contributed by atoms with Crippen molar-refractivity contribution in [1.82, 2.24) is 14.5 Å². The fourth-order valence-corrected chi connectivity index (χ4v) is 2.32. The van der Waals surface area contributed by atoms with E-state index in [2.05, 4.69) is 9.97 Å². The number of rotatable bonds is 3. The van der Waals surface area contributed by atoms with Crippen molar-refractivity contribution in [3.8, 4) is 0 Å². The quantitative estimate of drug-likeness (QED) is 0.731. The lowest BCUT2D eigenvalue weighted by Gasteiger charge is -2.14. The van der Waals surface area contributed by atoms with Gasteiger partial charge in [0.1, 0.15) is 0 Å². The van der Waals surface area contributed by atoms with Gasteiger partial charge in [-0.25, -0.2) is 4.98 Å². The van der Waals surface area contributed by atoms with Crippen LogP contribution in [0.15, 0.2) is 59.8 Å². The van der Waals surface area contributed by atoms with Gasteiger partial charge in [0.2, 0.25) is 0 Å². The lowest BCUT2D eigenvalue weighted by Crippen LogP contribution is -2.25. The van der Waals surface area contributed by atoms with Gasteiger partial charge in [-0.1, -0.05) is 18.2 Å². The van der Waals surface area contributed by atoms with Crippen LogP contribution in [0.3, 0.4) is 0 Å². The van der Waals surface area contributed by atoms with Crippen molar-refractivity contribution in [2.45, 2.75) is 19.4 Å². The highest BCUT2D eigenvalue weighted by atomic mass is 16.1. The standard InChI is InChI=1S/C16H15N3O/c1-12(10-13-6-4-5-9-17-13)19-11-18-15-8-3-2-7-14(15)16(19)20/h2-9,11-12H,10H2,1H3. The maximum absolute atomic E-state index is 12.5. The maximum Gasteiger partial charge on any atom is 0.261 e. The molecule has 0 bridgehead atoms. The molecule has 3 aromatic rings. The van der Waals surface area contributed by atoms with Crippen LogP contribution in [0, 0.1) is 0 Å². The molecule has 0 fully saturated rings.